The lowest BCUT2D eigenvalue weighted by atomic mass is 10.1. The number of aldehydes is 1. The second kappa shape index (κ2) is 3.15. The second-order valence-corrected chi connectivity index (χ2v) is 3.37. The molecule has 0 bridgehead atoms. The summed E-state index contributed by atoms with van der Waals surface area (Å²) in [7, 11) is 3.46. The number of benzene rings is 2. The lowest BCUT2D eigenvalue weighted by Crippen LogP contribution is -2.10. The molecule has 1 nitrogen and oxygen atoms in total. The standard InChI is InChI=1S/C11H7OSi/c12-7-9-6-5-8-3-1-2-4-10(8)11(9)13/h1-7H. The monoisotopic (exact) mass is 183 g/mol. The van der Waals surface area contributed by atoms with E-state index in [0.29, 0.717) is 5.56 Å². The topological polar surface area (TPSA) is 17.1 Å². The predicted molar refractivity (Wildman–Crippen MR) is 54.7 cm³/mol. The van der Waals surface area contributed by atoms with E-state index in [1.54, 1.807) is 0 Å². The zero-order chi connectivity index (χ0) is 9.26. The van der Waals surface area contributed by atoms with Crippen LogP contribution in [0.3, 0.4) is 0 Å². The van der Waals surface area contributed by atoms with Gasteiger partial charge in [-0.1, -0.05) is 36.4 Å². The Morgan fingerprint density at radius 3 is 2.62 bits per heavy atom. The molecule has 0 aliphatic rings. The molecule has 0 saturated heterocycles. The van der Waals surface area contributed by atoms with Crippen molar-refractivity contribution < 1.29 is 4.79 Å². The molecular weight excluding hydrogens is 176 g/mol. The van der Waals surface area contributed by atoms with E-state index >= 15 is 0 Å². The van der Waals surface area contributed by atoms with Crippen LogP contribution in [0.1, 0.15) is 10.4 Å². The first-order valence-corrected chi connectivity index (χ1v) is 4.51. The third-order valence-electron chi connectivity index (χ3n) is 2.09. The van der Waals surface area contributed by atoms with Gasteiger partial charge in [0.1, 0.15) is 6.29 Å². The maximum atomic E-state index is 10.6. The molecule has 0 aliphatic carbocycles. The Labute approximate surface area is 79.8 Å². The van der Waals surface area contributed by atoms with Crippen molar-refractivity contribution in [1.82, 2.24) is 0 Å². The molecule has 2 aromatic rings. The first-order valence-electron chi connectivity index (χ1n) is 4.01. The van der Waals surface area contributed by atoms with Crippen molar-refractivity contribution in [2.45, 2.75) is 0 Å². The zero-order valence-corrected chi connectivity index (χ0v) is 7.95. The van der Waals surface area contributed by atoms with E-state index in [-0.39, 0.29) is 0 Å². The molecule has 3 radical (unpaired) electrons. The Hall–Kier alpha value is -1.41. The van der Waals surface area contributed by atoms with Gasteiger partial charge in [0.05, 0.1) is 10.2 Å². The minimum atomic E-state index is 0.690. The Kier molecular flexibility index (Phi) is 1.98. The fraction of sp³-hybridized carbons (Fsp3) is 0. The highest BCUT2D eigenvalue weighted by atomic mass is 28.1. The van der Waals surface area contributed by atoms with Gasteiger partial charge in [-0.3, -0.25) is 4.79 Å². The van der Waals surface area contributed by atoms with Crippen molar-refractivity contribution >= 4 is 32.5 Å². The number of carbonyl (C=O) groups excluding carboxylic acids is 1. The largest absolute Gasteiger partial charge is 0.298 e. The van der Waals surface area contributed by atoms with Gasteiger partial charge in [0, 0.05) is 5.56 Å². The molecule has 0 atom stereocenters. The summed E-state index contributed by atoms with van der Waals surface area (Å²) in [5.74, 6) is 0. The number of rotatable bonds is 1. The third-order valence-corrected chi connectivity index (χ3v) is 2.65. The molecule has 0 spiro atoms. The number of carbonyl (C=O) groups is 1. The fourth-order valence-corrected chi connectivity index (χ4v) is 1.76. The highest BCUT2D eigenvalue weighted by molar-refractivity contribution is 6.41. The van der Waals surface area contributed by atoms with E-state index in [0.717, 1.165) is 22.2 Å². The SMILES string of the molecule is O=Cc1ccc2ccccc2c1[Si]. The lowest BCUT2D eigenvalue weighted by Gasteiger charge is -2.03. The first-order chi connectivity index (χ1) is 6.33. The Morgan fingerprint density at radius 2 is 1.85 bits per heavy atom. The molecular formula is C11H7OSi. The van der Waals surface area contributed by atoms with E-state index in [1.807, 2.05) is 36.4 Å². The molecule has 0 aliphatic heterocycles. The van der Waals surface area contributed by atoms with Crippen LogP contribution in [-0.2, 0) is 0 Å². The van der Waals surface area contributed by atoms with Crippen LogP contribution in [0.2, 0.25) is 0 Å². The maximum absolute atomic E-state index is 10.6. The minimum Gasteiger partial charge on any atom is -0.298 e. The first kappa shape index (κ1) is 8.20. The van der Waals surface area contributed by atoms with E-state index in [9.17, 15) is 4.79 Å². The highest BCUT2D eigenvalue weighted by Crippen LogP contribution is 2.11. The summed E-state index contributed by atoms with van der Waals surface area (Å²) in [5.41, 5.74) is 0.690. The second-order valence-electron chi connectivity index (χ2n) is 2.87. The van der Waals surface area contributed by atoms with Crippen molar-refractivity contribution in [1.29, 1.82) is 0 Å². The summed E-state index contributed by atoms with van der Waals surface area (Å²) < 4.78 is 0. The van der Waals surface area contributed by atoms with Crippen molar-refractivity contribution in [2.24, 2.45) is 0 Å². The molecule has 13 heavy (non-hydrogen) atoms. The van der Waals surface area contributed by atoms with Gasteiger partial charge in [0.15, 0.2) is 0 Å². The van der Waals surface area contributed by atoms with Crippen LogP contribution in [0.4, 0.5) is 0 Å². The van der Waals surface area contributed by atoms with Crippen LogP contribution in [0.25, 0.3) is 10.8 Å². The Morgan fingerprint density at radius 1 is 1.08 bits per heavy atom. The minimum absolute atomic E-state index is 0.690. The predicted octanol–water partition coefficient (Wildman–Crippen LogP) is 1.45. The fourth-order valence-electron chi connectivity index (χ4n) is 1.39. The average Bonchev–Trinajstić information content (AvgIpc) is 2.19. The van der Waals surface area contributed by atoms with Crippen LogP contribution in [0, 0.1) is 0 Å². The molecule has 2 aromatic carbocycles. The van der Waals surface area contributed by atoms with E-state index in [2.05, 4.69) is 10.2 Å². The lowest BCUT2D eigenvalue weighted by molar-refractivity contribution is 0.112. The molecule has 0 aromatic heterocycles. The molecule has 2 heteroatoms. The Bertz CT molecular complexity index is 463. The van der Waals surface area contributed by atoms with Crippen molar-refractivity contribution in [3.63, 3.8) is 0 Å². The molecule has 2 rings (SSSR count). The third kappa shape index (κ3) is 1.29. The van der Waals surface area contributed by atoms with Crippen LogP contribution < -0.4 is 5.19 Å². The summed E-state index contributed by atoms with van der Waals surface area (Å²) >= 11 is 0. The summed E-state index contributed by atoms with van der Waals surface area (Å²) in [6, 6.07) is 11.7. The van der Waals surface area contributed by atoms with Gasteiger partial charge in [-0.15, -0.1) is 0 Å². The Balaban J connectivity index is 2.86. The van der Waals surface area contributed by atoms with Gasteiger partial charge in [0.2, 0.25) is 0 Å². The molecule has 0 N–H and O–H groups in total. The van der Waals surface area contributed by atoms with Crippen LogP contribution in [-0.4, -0.2) is 16.5 Å². The number of hydrogen-bond acceptors (Lipinski definition) is 1. The molecule has 0 saturated carbocycles. The van der Waals surface area contributed by atoms with Crippen LogP contribution >= 0.6 is 0 Å². The molecule has 0 heterocycles. The van der Waals surface area contributed by atoms with E-state index < -0.39 is 0 Å². The summed E-state index contributed by atoms with van der Waals surface area (Å²) in [6.07, 6.45) is 0.856. The van der Waals surface area contributed by atoms with Crippen molar-refractivity contribution in [3.8, 4) is 0 Å². The van der Waals surface area contributed by atoms with Gasteiger partial charge in [-0.25, -0.2) is 0 Å². The highest BCUT2D eigenvalue weighted by Gasteiger charge is 2.00. The number of hydrogen-bond donors (Lipinski definition) is 0. The molecule has 0 unspecified atom stereocenters. The van der Waals surface area contributed by atoms with Crippen LogP contribution in [0.5, 0.6) is 0 Å². The van der Waals surface area contributed by atoms with Gasteiger partial charge < -0.3 is 0 Å². The van der Waals surface area contributed by atoms with Gasteiger partial charge in [0.25, 0.3) is 0 Å². The molecule has 0 amide bonds. The smallest absolute Gasteiger partial charge is 0.149 e. The van der Waals surface area contributed by atoms with Gasteiger partial charge in [-0.2, -0.15) is 0 Å². The van der Waals surface area contributed by atoms with E-state index in [1.165, 1.54) is 0 Å². The van der Waals surface area contributed by atoms with Crippen LogP contribution in [0.15, 0.2) is 36.4 Å². The van der Waals surface area contributed by atoms with Gasteiger partial charge >= 0.3 is 0 Å². The van der Waals surface area contributed by atoms with Crippen molar-refractivity contribution in [2.75, 3.05) is 0 Å². The number of fused-ring (bicyclic) bond motifs is 1. The normalized spacial score (nSPS) is 10.2. The van der Waals surface area contributed by atoms with E-state index in [4.69, 9.17) is 0 Å². The quantitative estimate of drug-likeness (QED) is 0.483. The summed E-state index contributed by atoms with van der Waals surface area (Å²) in [6.45, 7) is 0. The van der Waals surface area contributed by atoms with Crippen molar-refractivity contribution in [3.05, 3.63) is 42.0 Å². The average molecular weight is 183 g/mol. The van der Waals surface area contributed by atoms with Gasteiger partial charge in [-0.05, 0) is 16.0 Å². The zero-order valence-electron chi connectivity index (χ0n) is 6.95. The molecule has 61 valence electrons. The maximum Gasteiger partial charge on any atom is 0.149 e. The molecule has 0 fully saturated rings. The summed E-state index contributed by atoms with van der Waals surface area (Å²) in [4.78, 5) is 10.6. The summed E-state index contributed by atoms with van der Waals surface area (Å²) in [5, 5.41) is 3.08.